The Kier molecular flexibility index (Phi) is 4.42. The van der Waals surface area contributed by atoms with Crippen molar-refractivity contribution in [2.45, 2.75) is 33.4 Å². The van der Waals surface area contributed by atoms with Gasteiger partial charge in [-0.05, 0) is 38.0 Å². The standard InChI is InChI=1S/C20H22ClN5O2/c1-12(2)11-26-18(27)16-17(23(4)20(26)28)22-19-24(8-5-9-25(16)19)14-7-6-13(3)15(21)10-14/h6-7,10H,1,5,8-9,11H2,2-4H3. The molecule has 146 valence electrons. The average molecular weight is 400 g/mol. The lowest BCUT2D eigenvalue weighted by atomic mass is 10.2. The lowest BCUT2D eigenvalue weighted by molar-refractivity contribution is 0.597. The van der Waals surface area contributed by atoms with Crippen LogP contribution in [0.5, 0.6) is 0 Å². The smallest absolute Gasteiger partial charge is 0.312 e. The predicted octanol–water partition coefficient (Wildman–Crippen LogP) is 2.98. The fraction of sp³-hybridized carbons (Fsp3) is 0.350. The fourth-order valence-corrected chi connectivity index (χ4v) is 3.84. The summed E-state index contributed by atoms with van der Waals surface area (Å²) in [7, 11) is 1.64. The van der Waals surface area contributed by atoms with Crippen LogP contribution < -0.4 is 16.1 Å². The molecule has 0 unspecified atom stereocenters. The van der Waals surface area contributed by atoms with Gasteiger partial charge in [-0.3, -0.25) is 13.9 Å². The quantitative estimate of drug-likeness (QED) is 0.635. The van der Waals surface area contributed by atoms with Gasteiger partial charge in [0.15, 0.2) is 11.2 Å². The van der Waals surface area contributed by atoms with E-state index in [-0.39, 0.29) is 17.8 Å². The molecule has 0 spiro atoms. The van der Waals surface area contributed by atoms with Crippen molar-refractivity contribution in [2.24, 2.45) is 7.05 Å². The van der Waals surface area contributed by atoms with Crippen molar-refractivity contribution in [1.29, 1.82) is 0 Å². The zero-order chi connectivity index (χ0) is 20.2. The topological polar surface area (TPSA) is 65.1 Å². The molecule has 0 aliphatic carbocycles. The molecule has 0 saturated heterocycles. The Bertz CT molecular complexity index is 1230. The van der Waals surface area contributed by atoms with Crippen molar-refractivity contribution in [3.63, 3.8) is 0 Å². The monoisotopic (exact) mass is 399 g/mol. The maximum atomic E-state index is 13.1. The van der Waals surface area contributed by atoms with Crippen molar-refractivity contribution in [2.75, 3.05) is 11.4 Å². The minimum Gasteiger partial charge on any atom is -0.312 e. The van der Waals surface area contributed by atoms with E-state index < -0.39 is 0 Å². The summed E-state index contributed by atoms with van der Waals surface area (Å²) in [4.78, 5) is 32.5. The second-order valence-electron chi connectivity index (χ2n) is 7.36. The number of hydrogen-bond acceptors (Lipinski definition) is 4. The average Bonchev–Trinajstić information content (AvgIpc) is 3.05. The number of hydrogen-bond donors (Lipinski definition) is 0. The molecule has 1 aromatic carbocycles. The van der Waals surface area contributed by atoms with E-state index in [1.54, 1.807) is 14.0 Å². The van der Waals surface area contributed by atoms with Crippen LogP contribution in [0.15, 0.2) is 39.9 Å². The molecule has 3 aromatic rings. The van der Waals surface area contributed by atoms with E-state index in [1.165, 1.54) is 9.13 Å². The second kappa shape index (κ2) is 6.67. The molecular formula is C20H22ClN5O2. The molecule has 28 heavy (non-hydrogen) atoms. The summed E-state index contributed by atoms with van der Waals surface area (Å²) in [5, 5.41) is 0.682. The van der Waals surface area contributed by atoms with Crippen LogP contribution in [0.25, 0.3) is 11.2 Å². The summed E-state index contributed by atoms with van der Waals surface area (Å²) < 4.78 is 4.57. The predicted molar refractivity (Wildman–Crippen MR) is 112 cm³/mol. The first-order chi connectivity index (χ1) is 13.3. The highest BCUT2D eigenvalue weighted by Gasteiger charge is 2.27. The first-order valence-electron chi connectivity index (χ1n) is 9.17. The molecule has 0 atom stereocenters. The van der Waals surface area contributed by atoms with Crippen LogP contribution in [0, 0.1) is 6.92 Å². The maximum Gasteiger partial charge on any atom is 0.332 e. The molecule has 1 aliphatic rings. The van der Waals surface area contributed by atoms with Crippen LogP contribution in [0.4, 0.5) is 11.6 Å². The number of rotatable bonds is 3. The zero-order valence-electron chi connectivity index (χ0n) is 16.2. The third kappa shape index (κ3) is 2.77. The molecule has 2 aromatic heterocycles. The van der Waals surface area contributed by atoms with Gasteiger partial charge in [-0.15, -0.1) is 0 Å². The second-order valence-corrected chi connectivity index (χ2v) is 7.77. The molecule has 0 bridgehead atoms. The lowest BCUT2D eigenvalue weighted by Gasteiger charge is -2.29. The zero-order valence-corrected chi connectivity index (χ0v) is 17.0. The summed E-state index contributed by atoms with van der Waals surface area (Å²) in [6.07, 6.45) is 0.854. The van der Waals surface area contributed by atoms with Crippen LogP contribution in [-0.2, 0) is 20.1 Å². The molecule has 7 nitrogen and oxygen atoms in total. The van der Waals surface area contributed by atoms with E-state index in [1.807, 2.05) is 34.6 Å². The third-order valence-corrected chi connectivity index (χ3v) is 5.52. The summed E-state index contributed by atoms with van der Waals surface area (Å²) in [5.74, 6) is 0.654. The number of halogens is 1. The summed E-state index contributed by atoms with van der Waals surface area (Å²) in [6, 6.07) is 5.87. The van der Waals surface area contributed by atoms with Gasteiger partial charge in [0.25, 0.3) is 5.56 Å². The minimum atomic E-state index is -0.388. The minimum absolute atomic E-state index is 0.194. The van der Waals surface area contributed by atoms with Crippen LogP contribution in [0.1, 0.15) is 18.9 Å². The number of benzene rings is 1. The van der Waals surface area contributed by atoms with E-state index in [2.05, 4.69) is 11.6 Å². The molecule has 0 amide bonds. The van der Waals surface area contributed by atoms with Crippen molar-refractivity contribution in [3.8, 4) is 0 Å². The highest BCUT2D eigenvalue weighted by atomic mass is 35.5. The Labute approximate surface area is 167 Å². The lowest BCUT2D eigenvalue weighted by Crippen LogP contribution is -2.40. The maximum absolute atomic E-state index is 13.1. The third-order valence-electron chi connectivity index (χ3n) is 5.11. The number of allylic oxidation sites excluding steroid dienone is 1. The van der Waals surface area contributed by atoms with Crippen molar-refractivity contribution >= 4 is 34.4 Å². The van der Waals surface area contributed by atoms with E-state index >= 15 is 0 Å². The Hall–Kier alpha value is -2.80. The van der Waals surface area contributed by atoms with Gasteiger partial charge in [-0.2, -0.15) is 4.98 Å². The molecule has 0 fully saturated rings. The molecule has 4 rings (SSSR count). The van der Waals surface area contributed by atoms with Crippen molar-refractivity contribution in [3.05, 3.63) is 61.8 Å². The van der Waals surface area contributed by atoms with Gasteiger partial charge in [0, 0.05) is 30.8 Å². The normalized spacial score (nSPS) is 13.8. The molecular weight excluding hydrogens is 378 g/mol. The number of fused-ring (bicyclic) bond motifs is 3. The highest BCUT2D eigenvalue weighted by Crippen LogP contribution is 2.33. The molecule has 0 N–H and O–H groups in total. The van der Waals surface area contributed by atoms with Crippen LogP contribution >= 0.6 is 11.6 Å². The van der Waals surface area contributed by atoms with E-state index in [0.717, 1.165) is 29.8 Å². The number of nitrogens with zero attached hydrogens (tertiary/aromatic N) is 5. The molecule has 8 heteroatoms. The molecule has 0 radical (unpaired) electrons. The Morgan fingerprint density at radius 3 is 2.71 bits per heavy atom. The number of imidazole rings is 1. The van der Waals surface area contributed by atoms with Gasteiger partial charge in [0.2, 0.25) is 5.95 Å². The Balaban J connectivity index is 1.98. The molecule has 3 heterocycles. The van der Waals surface area contributed by atoms with Gasteiger partial charge in [-0.1, -0.05) is 29.8 Å². The first-order valence-corrected chi connectivity index (χ1v) is 9.55. The van der Waals surface area contributed by atoms with Crippen molar-refractivity contribution < 1.29 is 0 Å². The number of aryl methyl sites for hydroxylation is 3. The SMILES string of the molecule is C=C(C)Cn1c(=O)c2c(nc3n2CCCN3c2ccc(C)c(Cl)c2)n(C)c1=O. The highest BCUT2D eigenvalue weighted by molar-refractivity contribution is 6.31. The van der Waals surface area contributed by atoms with Gasteiger partial charge >= 0.3 is 5.69 Å². The Morgan fingerprint density at radius 1 is 1.29 bits per heavy atom. The van der Waals surface area contributed by atoms with Crippen LogP contribution in [0.2, 0.25) is 5.02 Å². The first kappa shape index (κ1) is 18.6. The summed E-state index contributed by atoms with van der Waals surface area (Å²) in [5.41, 5.74) is 2.78. The molecule has 0 saturated carbocycles. The van der Waals surface area contributed by atoms with E-state index in [4.69, 9.17) is 11.6 Å². The summed E-state index contributed by atoms with van der Waals surface area (Å²) in [6.45, 7) is 9.21. The van der Waals surface area contributed by atoms with Gasteiger partial charge in [0.1, 0.15) is 0 Å². The van der Waals surface area contributed by atoms with Crippen molar-refractivity contribution in [1.82, 2.24) is 18.7 Å². The number of anilines is 2. The van der Waals surface area contributed by atoms with E-state index in [0.29, 0.717) is 28.7 Å². The van der Waals surface area contributed by atoms with Gasteiger partial charge < -0.3 is 9.47 Å². The summed E-state index contributed by atoms with van der Waals surface area (Å²) >= 11 is 6.32. The van der Waals surface area contributed by atoms with Gasteiger partial charge in [0.05, 0.1) is 6.54 Å². The molecule has 1 aliphatic heterocycles. The van der Waals surface area contributed by atoms with Crippen LogP contribution in [-0.4, -0.2) is 25.2 Å². The van der Waals surface area contributed by atoms with E-state index in [9.17, 15) is 9.59 Å². The largest absolute Gasteiger partial charge is 0.332 e. The fourth-order valence-electron chi connectivity index (χ4n) is 3.67. The Morgan fingerprint density at radius 2 is 2.04 bits per heavy atom. The van der Waals surface area contributed by atoms with Gasteiger partial charge in [-0.25, -0.2) is 4.79 Å². The van der Waals surface area contributed by atoms with Crippen LogP contribution in [0.3, 0.4) is 0 Å². The number of aromatic nitrogens is 4.